The lowest BCUT2D eigenvalue weighted by atomic mass is 9.89. The van der Waals surface area contributed by atoms with Gasteiger partial charge in [0.1, 0.15) is 0 Å². The first-order valence-electron chi connectivity index (χ1n) is 6.98. The van der Waals surface area contributed by atoms with Crippen LogP contribution in [-0.4, -0.2) is 19.6 Å². The third kappa shape index (κ3) is 2.67. The molecule has 3 heteroatoms. The Labute approximate surface area is 125 Å². The maximum Gasteiger partial charge on any atom is 0.0584 e. The fraction of sp³-hybridized carbons (Fsp3) is 0.294. The predicted molar refractivity (Wildman–Crippen MR) is 85.5 cm³/mol. The van der Waals surface area contributed by atoms with Crippen LogP contribution in [0, 0.1) is 0 Å². The average Bonchev–Trinajstić information content (AvgIpc) is 2.48. The Balaban J connectivity index is 1.87. The Hall–Kier alpha value is -1.51. The number of piperazine rings is 1. The van der Waals surface area contributed by atoms with E-state index in [-0.39, 0.29) is 5.54 Å². The molecule has 0 aromatic heterocycles. The van der Waals surface area contributed by atoms with Crippen LogP contribution in [0.3, 0.4) is 0 Å². The molecule has 1 atom stereocenters. The third-order valence-corrected chi connectivity index (χ3v) is 4.22. The minimum atomic E-state index is -0.0260. The second-order valence-electron chi connectivity index (χ2n) is 5.53. The SMILES string of the molecule is CC1(c2ccccc2)CN(c2cccc(Cl)c2)CCN1. The van der Waals surface area contributed by atoms with Crippen LogP contribution in [-0.2, 0) is 5.54 Å². The van der Waals surface area contributed by atoms with Crippen molar-refractivity contribution in [1.29, 1.82) is 0 Å². The maximum atomic E-state index is 6.11. The third-order valence-electron chi connectivity index (χ3n) is 3.99. The smallest absolute Gasteiger partial charge is 0.0584 e. The van der Waals surface area contributed by atoms with E-state index in [2.05, 4.69) is 53.5 Å². The van der Waals surface area contributed by atoms with Crippen LogP contribution in [0.4, 0.5) is 5.69 Å². The minimum Gasteiger partial charge on any atom is -0.368 e. The highest BCUT2D eigenvalue weighted by molar-refractivity contribution is 6.30. The first-order valence-corrected chi connectivity index (χ1v) is 7.36. The summed E-state index contributed by atoms with van der Waals surface area (Å²) in [6.45, 7) is 5.18. The Morgan fingerprint density at radius 2 is 1.90 bits per heavy atom. The van der Waals surface area contributed by atoms with E-state index in [0.29, 0.717) is 0 Å². The van der Waals surface area contributed by atoms with Crippen LogP contribution < -0.4 is 10.2 Å². The van der Waals surface area contributed by atoms with Gasteiger partial charge in [0, 0.05) is 30.3 Å². The number of hydrogen-bond donors (Lipinski definition) is 1. The number of hydrogen-bond acceptors (Lipinski definition) is 2. The van der Waals surface area contributed by atoms with Gasteiger partial charge in [0.25, 0.3) is 0 Å². The van der Waals surface area contributed by atoms with E-state index in [1.54, 1.807) is 0 Å². The van der Waals surface area contributed by atoms with Gasteiger partial charge in [-0.15, -0.1) is 0 Å². The number of nitrogens with zero attached hydrogens (tertiary/aromatic N) is 1. The molecule has 0 saturated carbocycles. The molecule has 2 aromatic carbocycles. The molecule has 2 nitrogen and oxygen atoms in total. The number of nitrogens with one attached hydrogen (secondary N) is 1. The van der Waals surface area contributed by atoms with Gasteiger partial charge in [0.15, 0.2) is 0 Å². The Morgan fingerprint density at radius 1 is 1.10 bits per heavy atom. The van der Waals surface area contributed by atoms with Gasteiger partial charge >= 0.3 is 0 Å². The normalized spacial score (nSPS) is 22.8. The van der Waals surface area contributed by atoms with Crippen molar-refractivity contribution in [3.05, 3.63) is 65.2 Å². The van der Waals surface area contributed by atoms with Gasteiger partial charge in [0.2, 0.25) is 0 Å². The first-order chi connectivity index (χ1) is 9.67. The molecule has 1 saturated heterocycles. The van der Waals surface area contributed by atoms with Gasteiger partial charge in [-0.05, 0) is 30.7 Å². The van der Waals surface area contributed by atoms with E-state index in [1.165, 1.54) is 11.3 Å². The van der Waals surface area contributed by atoms with E-state index in [0.717, 1.165) is 24.7 Å². The topological polar surface area (TPSA) is 15.3 Å². The van der Waals surface area contributed by atoms with Crippen LogP contribution in [0.2, 0.25) is 5.02 Å². The van der Waals surface area contributed by atoms with Gasteiger partial charge < -0.3 is 10.2 Å². The molecule has 1 fully saturated rings. The monoisotopic (exact) mass is 286 g/mol. The lowest BCUT2D eigenvalue weighted by Crippen LogP contribution is -2.56. The summed E-state index contributed by atoms with van der Waals surface area (Å²) in [6.07, 6.45) is 0. The molecular formula is C17H19ClN2. The van der Waals surface area contributed by atoms with Gasteiger partial charge in [-0.1, -0.05) is 48.0 Å². The van der Waals surface area contributed by atoms with Gasteiger partial charge in [-0.2, -0.15) is 0 Å². The molecule has 1 aliphatic heterocycles. The molecule has 0 radical (unpaired) electrons. The molecule has 0 bridgehead atoms. The van der Waals surface area contributed by atoms with Crippen LogP contribution in [0.25, 0.3) is 0 Å². The molecule has 0 aliphatic carbocycles. The molecule has 1 N–H and O–H groups in total. The summed E-state index contributed by atoms with van der Waals surface area (Å²) in [4.78, 5) is 2.40. The van der Waals surface area contributed by atoms with E-state index < -0.39 is 0 Å². The maximum absolute atomic E-state index is 6.11. The molecule has 1 heterocycles. The standard InChI is InChI=1S/C17H19ClN2/c1-17(14-6-3-2-4-7-14)13-20(11-10-19-17)16-9-5-8-15(18)12-16/h2-9,12,19H,10-11,13H2,1H3. The van der Waals surface area contributed by atoms with E-state index in [4.69, 9.17) is 11.6 Å². The summed E-state index contributed by atoms with van der Waals surface area (Å²) in [5.41, 5.74) is 2.50. The number of halogens is 1. The van der Waals surface area contributed by atoms with E-state index in [9.17, 15) is 0 Å². The van der Waals surface area contributed by atoms with Crippen LogP contribution in [0.5, 0.6) is 0 Å². The van der Waals surface area contributed by atoms with Gasteiger partial charge in [-0.25, -0.2) is 0 Å². The molecule has 3 rings (SSSR count). The Kier molecular flexibility index (Phi) is 3.68. The molecule has 1 aliphatic rings. The highest BCUT2D eigenvalue weighted by Gasteiger charge is 2.32. The molecule has 20 heavy (non-hydrogen) atoms. The highest BCUT2D eigenvalue weighted by atomic mass is 35.5. The van der Waals surface area contributed by atoms with E-state index >= 15 is 0 Å². The van der Waals surface area contributed by atoms with Crippen molar-refractivity contribution in [3.63, 3.8) is 0 Å². The zero-order valence-corrected chi connectivity index (χ0v) is 12.4. The summed E-state index contributed by atoms with van der Waals surface area (Å²) >= 11 is 6.11. The van der Waals surface area contributed by atoms with Crippen molar-refractivity contribution >= 4 is 17.3 Å². The lowest BCUT2D eigenvalue weighted by molar-refractivity contribution is 0.332. The Bertz CT molecular complexity index is 585. The van der Waals surface area contributed by atoms with Crippen molar-refractivity contribution in [1.82, 2.24) is 5.32 Å². The molecule has 0 spiro atoms. The Morgan fingerprint density at radius 3 is 2.65 bits per heavy atom. The minimum absolute atomic E-state index is 0.0260. The number of anilines is 1. The zero-order valence-electron chi connectivity index (χ0n) is 11.6. The average molecular weight is 287 g/mol. The van der Waals surface area contributed by atoms with E-state index in [1.807, 2.05) is 18.2 Å². The van der Waals surface area contributed by atoms with Crippen LogP contribution in [0.1, 0.15) is 12.5 Å². The summed E-state index contributed by atoms with van der Waals surface area (Å²) in [5.74, 6) is 0. The van der Waals surface area contributed by atoms with Gasteiger partial charge in [0.05, 0.1) is 5.54 Å². The lowest BCUT2D eigenvalue weighted by Gasteiger charge is -2.43. The first kappa shape index (κ1) is 13.5. The number of benzene rings is 2. The second-order valence-corrected chi connectivity index (χ2v) is 5.96. The van der Waals surface area contributed by atoms with Crippen molar-refractivity contribution in [2.75, 3.05) is 24.5 Å². The molecule has 0 amide bonds. The fourth-order valence-electron chi connectivity index (χ4n) is 2.88. The fourth-order valence-corrected chi connectivity index (χ4v) is 3.06. The molecular weight excluding hydrogens is 268 g/mol. The number of rotatable bonds is 2. The molecule has 2 aromatic rings. The summed E-state index contributed by atoms with van der Waals surface area (Å²) in [5, 5.41) is 4.45. The van der Waals surface area contributed by atoms with Crippen molar-refractivity contribution < 1.29 is 0 Å². The summed E-state index contributed by atoms with van der Waals surface area (Å²) in [7, 11) is 0. The molecule has 1 unspecified atom stereocenters. The van der Waals surface area contributed by atoms with Crippen molar-refractivity contribution in [2.24, 2.45) is 0 Å². The van der Waals surface area contributed by atoms with Crippen LogP contribution in [0.15, 0.2) is 54.6 Å². The highest BCUT2D eigenvalue weighted by Crippen LogP contribution is 2.28. The predicted octanol–water partition coefficient (Wildman–Crippen LogP) is 3.67. The van der Waals surface area contributed by atoms with Crippen molar-refractivity contribution in [2.45, 2.75) is 12.5 Å². The van der Waals surface area contributed by atoms with Crippen LogP contribution >= 0.6 is 11.6 Å². The second kappa shape index (κ2) is 5.47. The molecule has 104 valence electrons. The van der Waals surface area contributed by atoms with Gasteiger partial charge in [-0.3, -0.25) is 0 Å². The zero-order chi connectivity index (χ0) is 14.0. The van der Waals surface area contributed by atoms with Crippen molar-refractivity contribution in [3.8, 4) is 0 Å². The summed E-state index contributed by atoms with van der Waals surface area (Å²) < 4.78 is 0. The quantitative estimate of drug-likeness (QED) is 0.906. The largest absolute Gasteiger partial charge is 0.368 e. The summed E-state index contributed by atoms with van der Waals surface area (Å²) in [6, 6.07) is 18.7.